The molecule has 5 aromatic rings. The zero-order chi connectivity index (χ0) is 21.6. The molecule has 2 aromatic heterocycles. The van der Waals surface area contributed by atoms with Crippen LogP contribution >= 0.6 is 22.9 Å². The molecule has 0 bridgehead atoms. The summed E-state index contributed by atoms with van der Waals surface area (Å²) in [6.07, 6.45) is 0. The lowest BCUT2D eigenvalue weighted by Gasteiger charge is -2.13. The second-order valence-corrected chi connectivity index (χ2v) is 9.55. The van der Waals surface area contributed by atoms with Crippen LogP contribution < -0.4 is 0 Å². The summed E-state index contributed by atoms with van der Waals surface area (Å²) in [6, 6.07) is 28.7. The van der Waals surface area contributed by atoms with Crippen LogP contribution in [0.15, 0.2) is 84.9 Å². The smallest absolute Gasteiger partial charge is 0.103 e. The monoisotopic (exact) mass is 444 g/mol. The second-order valence-electron chi connectivity index (χ2n) is 8.06. The van der Waals surface area contributed by atoms with E-state index in [1.54, 1.807) is 25.2 Å². The SMILES string of the molecule is CC(C)(O)c1cc(-c2ccc(-c3ccc4ccccc4c3)s2)n(-c2ccccc2Cl)n1. The molecule has 154 valence electrons. The van der Waals surface area contributed by atoms with E-state index in [4.69, 9.17) is 16.7 Å². The molecule has 0 fully saturated rings. The molecule has 0 saturated carbocycles. The van der Waals surface area contributed by atoms with E-state index in [-0.39, 0.29) is 0 Å². The number of aliphatic hydroxyl groups is 1. The van der Waals surface area contributed by atoms with E-state index in [9.17, 15) is 5.11 Å². The topological polar surface area (TPSA) is 38.0 Å². The van der Waals surface area contributed by atoms with Gasteiger partial charge < -0.3 is 5.11 Å². The summed E-state index contributed by atoms with van der Waals surface area (Å²) in [4.78, 5) is 2.24. The Kier molecular flexibility index (Phi) is 4.94. The van der Waals surface area contributed by atoms with Crippen molar-refractivity contribution in [1.29, 1.82) is 0 Å². The maximum atomic E-state index is 10.6. The molecule has 0 atom stereocenters. The van der Waals surface area contributed by atoms with Crippen LogP contribution in [-0.2, 0) is 5.60 Å². The van der Waals surface area contributed by atoms with Gasteiger partial charge in [0.1, 0.15) is 5.60 Å². The molecule has 0 aliphatic heterocycles. The first-order valence-corrected chi connectivity index (χ1v) is 11.3. The van der Waals surface area contributed by atoms with Gasteiger partial charge >= 0.3 is 0 Å². The van der Waals surface area contributed by atoms with Crippen molar-refractivity contribution < 1.29 is 5.11 Å². The fourth-order valence-corrected chi connectivity index (χ4v) is 4.86. The lowest BCUT2D eigenvalue weighted by Crippen LogP contribution is -2.16. The van der Waals surface area contributed by atoms with Gasteiger partial charge in [-0.2, -0.15) is 5.10 Å². The van der Waals surface area contributed by atoms with Crippen LogP contribution in [0.1, 0.15) is 19.5 Å². The molecule has 31 heavy (non-hydrogen) atoms. The van der Waals surface area contributed by atoms with Gasteiger partial charge in [-0.25, -0.2) is 4.68 Å². The van der Waals surface area contributed by atoms with Crippen molar-refractivity contribution in [2.45, 2.75) is 19.4 Å². The van der Waals surface area contributed by atoms with Crippen molar-refractivity contribution in [1.82, 2.24) is 9.78 Å². The maximum absolute atomic E-state index is 10.6. The van der Waals surface area contributed by atoms with E-state index >= 15 is 0 Å². The zero-order valence-electron chi connectivity index (χ0n) is 17.2. The zero-order valence-corrected chi connectivity index (χ0v) is 18.8. The average molecular weight is 445 g/mol. The van der Waals surface area contributed by atoms with E-state index in [2.05, 4.69) is 54.6 Å². The summed E-state index contributed by atoms with van der Waals surface area (Å²) in [5.41, 5.74) is 2.42. The average Bonchev–Trinajstić information content (AvgIpc) is 3.41. The molecule has 3 aromatic carbocycles. The molecule has 1 N–H and O–H groups in total. The van der Waals surface area contributed by atoms with Crippen molar-refractivity contribution in [2.75, 3.05) is 0 Å². The van der Waals surface area contributed by atoms with Crippen molar-refractivity contribution >= 4 is 33.7 Å². The van der Waals surface area contributed by atoms with Crippen molar-refractivity contribution in [2.24, 2.45) is 0 Å². The minimum Gasteiger partial charge on any atom is -0.384 e. The van der Waals surface area contributed by atoms with E-state index in [1.807, 2.05) is 35.0 Å². The highest BCUT2D eigenvalue weighted by atomic mass is 35.5. The molecular formula is C26H21ClN2OS. The van der Waals surface area contributed by atoms with Crippen molar-refractivity contribution in [3.8, 4) is 26.7 Å². The van der Waals surface area contributed by atoms with Gasteiger partial charge in [0, 0.05) is 4.88 Å². The number of fused-ring (bicyclic) bond motifs is 1. The Bertz CT molecular complexity index is 1390. The van der Waals surface area contributed by atoms with Crippen LogP contribution in [0.3, 0.4) is 0 Å². The van der Waals surface area contributed by atoms with Crippen LogP contribution in [0.2, 0.25) is 5.02 Å². The third-order valence-electron chi connectivity index (χ3n) is 5.31. The van der Waals surface area contributed by atoms with Gasteiger partial charge in [-0.1, -0.05) is 60.1 Å². The second kappa shape index (κ2) is 7.65. The fraction of sp³-hybridized carbons (Fsp3) is 0.115. The van der Waals surface area contributed by atoms with E-state index in [0.717, 1.165) is 16.3 Å². The molecule has 2 heterocycles. The Balaban J connectivity index is 1.63. The molecule has 0 spiro atoms. The number of hydrogen-bond acceptors (Lipinski definition) is 3. The highest BCUT2D eigenvalue weighted by molar-refractivity contribution is 7.18. The van der Waals surface area contributed by atoms with Gasteiger partial charge in [0.25, 0.3) is 0 Å². The number of rotatable bonds is 4. The normalized spacial score (nSPS) is 11.9. The maximum Gasteiger partial charge on any atom is 0.103 e. The van der Waals surface area contributed by atoms with Gasteiger partial charge in [0.2, 0.25) is 0 Å². The third-order valence-corrected chi connectivity index (χ3v) is 6.79. The molecule has 0 radical (unpaired) electrons. The highest BCUT2D eigenvalue weighted by Gasteiger charge is 2.24. The lowest BCUT2D eigenvalue weighted by molar-refractivity contribution is 0.0734. The minimum absolute atomic E-state index is 0.600. The largest absolute Gasteiger partial charge is 0.384 e. The van der Waals surface area contributed by atoms with Crippen LogP contribution in [-0.4, -0.2) is 14.9 Å². The predicted octanol–water partition coefficient (Wildman–Crippen LogP) is 7.30. The van der Waals surface area contributed by atoms with Crippen LogP contribution in [0.4, 0.5) is 0 Å². The predicted molar refractivity (Wildman–Crippen MR) is 130 cm³/mol. The Labute approximate surface area is 190 Å². The van der Waals surface area contributed by atoms with Crippen molar-refractivity contribution in [3.05, 3.63) is 95.6 Å². The standard InChI is InChI=1S/C26H21ClN2OS/c1-26(2,30)25-16-22(29(28-25)21-10-6-5-9-20(21)27)24-14-13-23(31-24)19-12-11-17-7-3-4-8-18(17)15-19/h3-16,30H,1-2H3. The molecule has 0 aliphatic carbocycles. The number of halogens is 1. The molecule has 0 amide bonds. The number of aromatic nitrogens is 2. The summed E-state index contributed by atoms with van der Waals surface area (Å²) in [6.45, 7) is 3.48. The Hall–Kier alpha value is -2.92. The van der Waals surface area contributed by atoms with E-state index < -0.39 is 5.60 Å². The molecule has 5 heteroatoms. The third kappa shape index (κ3) is 3.79. The number of thiophene rings is 1. The summed E-state index contributed by atoms with van der Waals surface area (Å²) in [5.74, 6) is 0. The summed E-state index contributed by atoms with van der Waals surface area (Å²) in [7, 11) is 0. The number of hydrogen-bond donors (Lipinski definition) is 1. The molecule has 0 saturated heterocycles. The van der Waals surface area contributed by atoms with Crippen LogP contribution in [0.25, 0.3) is 37.5 Å². The number of nitrogens with zero attached hydrogens (tertiary/aromatic N) is 2. The van der Waals surface area contributed by atoms with E-state index in [1.165, 1.54) is 21.2 Å². The Morgan fingerprint density at radius 3 is 2.32 bits per heavy atom. The van der Waals surface area contributed by atoms with Gasteiger partial charge in [0.15, 0.2) is 0 Å². The van der Waals surface area contributed by atoms with Gasteiger partial charge in [0.05, 0.1) is 27.0 Å². The summed E-state index contributed by atoms with van der Waals surface area (Å²) < 4.78 is 1.83. The van der Waals surface area contributed by atoms with Crippen LogP contribution in [0.5, 0.6) is 0 Å². The van der Waals surface area contributed by atoms with E-state index in [0.29, 0.717) is 10.7 Å². The quantitative estimate of drug-likeness (QED) is 0.315. The van der Waals surface area contributed by atoms with Gasteiger partial charge in [-0.05, 0) is 66.6 Å². The summed E-state index contributed by atoms with van der Waals surface area (Å²) in [5, 5.41) is 18.3. The molecular weight excluding hydrogens is 424 g/mol. The first kappa shape index (κ1) is 20.0. The first-order chi connectivity index (χ1) is 14.9. The fourth-order valence-electron chi connectivity index (χ4n) is 3.64. The lowest BCUT2D eigenvalue weighted by atomic mass is 10.1. The van der Waals surface area contributed by atoms with Crippen LogP contribution in [0, 0.1) is 0 Å². The Morgan fingerprint density at radius 2 is 1.55 bits per heavy atom. The molecule has 3 nitrogen and oxygen atoms in total. The molecule has 5 rings (SSSR count). The van der Waals surface area contributed by atoms with Gasteiger partial charge in [-0.3, -0.25) is 0 Å². The summed E-state index contributed by atoms with van der Waals surface area (Å²) >= 11 is 8.18. The number of para-hydroxylation sites is 1. The first-order valence-electron chi connectivity index (χ1n) is 10.1. The van der Waals surface area contributed by atoms with Gasteiger partial charge in [-0.15, -0.1) is 11.3 Å². The number of benzene rings is 3. The highest BCUT2D eigenvalue weighted by Crippen LogP contribution is 2.38. The Morgan fingerprint density at radius 1 is 0.839 bits per heavy atom. The molecule has 0 unspecified atom stereocenters. The minimum atomic E-state index is -1.06. The molecule has 0 aliphatic rings. The van der Waals surface area contributed by atoms with Crippen molar-refractivity contribution in [3.63, 3.8) is 0 Å².